The second kappa shape index (κ2) is 34.1. The van der Waals surface area contributed by atoms with Crippen molar-refractivity contribution in [3.63, 3.8) is 0 Å². The largest absolute Gasteiger partial charge is 0.304 e. The maximum Gasteiger partial charge on any atom is 0.281 e. The fourth-order valence-corrected chi connectivity index (χ4v) is 20.3. The predicted molar refractivity (Wildman–Crippen MR) is 479 cm³/mol. The molecule has 22 nitrogen and oxygen atoms in total. The lowest BCUT2D eigenvalue weighted by Crippen LogP contribution is -2.60. The molecule has 5 atom stereocenters. The monoisotopic (exact) mass is 1890 g/mol. The van der Waals surface area contributed by atoms with Gasteiger partial charge in [-0.05, 0) is 230 Å². The third kappa shape index (κ3) is 17.6. The van der Waals surface area contributed by atoms with E-state index in [0.29, 0.717) is 93.6 Å². The third-order valence-corrected chi connectivity index (χ3v) is 31.6. The number of aromatic nitrogens is 10. The molecule has 10 aliphatic rings. The van der Waals surface area contributed by atoms with E-state index in [9.17, 15) is 90.7 Å². The highest BCUT2D eigenvalue weighted by molar-refractivity contribution is 6.31. The van der Waals surface area contributed by atoms with Crippen molar-refractivity contribution < 1.29 is 85.4 Å². The zero-order valence-corrected chi connectivity index (χ0v) is 77.4. The first-order valence-corrected chi connectivity index (χ1v) is 46.2. The van der Waals surface area contributed by atoms with Gasteiger partial charge in [0.25, 0.3) is 11.8 Å². The van der Waals surface area contributed by atoms with Gasteiger partial charge in [0.1, 0.15) is 34.6 Å². The number of alkyl halides is 6. The Labute approximate surface area is 769 Å². The van der Waals surface area contributed by atoms with Crippen molar-refractivity contribution in [2.75, 3.05) is 26.6 Å². The molecule has 0 saturated heterocycles. The number of nitrogens with one attached hydrogen (secondary N) is 5. The van der Waals surface area contributed by atoms with Gasteiger partial charge in [0, 0.05) is 114 Å². The zero-order valence-electron chi connectivity index (χ0n) is 76.7. The van der Waals surface area contributed by atoms with E-state index in [1.54, 1.807) is 17.6 Å². The van der Waals surface area contributed by atoms with Gasteiger partial charge < -0.3 is 22.8 Å². The number of imidazole rings is 5. The molecule has 0 bridgehead atoms. The molecular weight excluding hydrogens is 1780 g/mol. The summed E-state index contributed by atoms with van der Waals surface area (Å²) in [6.45, 7) is 29.0. The van der Waals surface area contributed by atoms with Gasteiger partial charge in [-0.25, -0.2) is 91.2 Å². The Kier molecular flexibility index (Phi) is 24.5. The third-order valence-electron chi connectivity index (χ3n) is 31.3. The van der Waals surface area contributed by atoms with Gasteiger partial charge in [-0.3, -0.25) is 50.6 Å². The van der Waals surface area contributed by atoms with E-state index in [2.05, 4.69) is 105 Å². The Balaban J connectivity index is 0.000000122. The van der Waals surface area contributed by atoms with E-state index in [0.717, 1.165) is 141 Å². The highest BCUT2D eigenvalue weighted by atomic mass is 35.5. The summed E-state index contributed by atoms with van der Waals surface area (Å²) in [7, 11) is 0. The van der Waals surface area contributed by atoms with Gasteiger partial charge in [0.2, 0.25) is 65.0 Å². The summed E-state index contributed by atoms with van der Waals surface area (Å²) in [5, 5.41) is 23.2. The molecule has 10 aliphatic carbocycles. The van der Waals surface area contributed by atoms with Crippen molar-refractivity contribution in [2.45, 2.75) is 307 Å². The maximum absolute atomic E-state index is 14.9. The Morgan fingerprint density at radius 3 is 1.25 bits per heavy atom. The molecule has 37 heteroatoms. The minimum atomic E-state index is -3.49. The summed E-state index contributed by atoms with van der Waals surface area (Å²) in [6.07, 6.45) is 18.6. The van der Waals surface area contributed by atoms with Crippen LogP contribution in [0.15, 0.2) is 54.6 Å². The van der Waals surface area contributed by atoms with Crippen LogP contribution in [0.25, 0.3) is 60.0 Å². The number of hydrogen-bond acceptors (Lipinski definition) is 11. The standard InChI is InChI=1S/C21H25FN4O.C20H19F5N4O.C19H20ClF4N3O.C19H23F2N3O.C18H21F2N3O/c1-20(2,13-5-6-13)11-17(27)25-19-24-16-8-7-15(22)14(12-23)18(16)26(19)21(3)9-4-10-21;1-18(5-4-6-18)29-16-14(22)12(26-3)8-11(21)15(16)28-17(29)27-13(30)7-10-9-20(24,25)19(10,2)23;1-17(4-3-5-17)27-14-7-11(20)12(21)8-13(14)25-16(27)26-15(28)6-10-9-19(23,24)18(10,2)22;1-11(18(2)7-8-18)16(25)23-17-22-14-9-12(20)13(21)10-15(14)24(17)19(3)5-4-6-19;1-17(6-7-17)10-15(24)22-16-21-13-8-11(19)12(20)9-14(13)23(16)18(2)4-3-5-18/h7-8,13H,4-6,9-11H2,1-3H3,(H,24,25,27);8,10H,4-7,9H2,1-2H3,(H,27,28,30);7-8,10H,3-6,9H2,1-2H3,(H,25,26,28);9-11H,4-8H2,1-3H3,(H,22,23,25);8-9H,3-7,10H2,1-2H3,(H,21,22,24). The van der Waals surface area contributed by atoms with Gasteiger partial charge in [-0.15, -0.1) is 0 Å². The number of nitriles is 1. The number of hydrogen-bond donors (Lipinski definition) is 5. The van der Waals surface area contributed by atoms with Gasteiger partial charge in [-0.2, -0.15) is 5.26 Å². The lowest BCUT2D eigenvalue weighted by molar-refractivity contribution is -0.242. The summed E-state index contributed by atoms with van der Waals surface area (Å²) in [5.41, 5.74) is -4.44. The Bertz CT molecular complexity index is 6520. The first-order chi connectivity index (χ1) is 62.6. The molecule has 5 unspecified atom stereocenters. The van der Waals surface area contributed by atoms with Crippen molar-refractivity contribution in [3.05, 3.63) is 123 Å². The molecule has 5 amide bonds. The molecule has 10 fully saturated rings. The average molecular weight is 1890 g/mol. The first-order valence-electron chi connectivity index (χ1n) is 45.8. The van der Waals surface area contributed by atoms with Gasteiger partial charge in [0.05, 0.1) is 61.2 Å². The normalized spacial score (nSPS) is 23.3. The second-order valence-corrected chi connectivity index (χ2v) is 42.4. The van der Waals surface area contributed by atoms with Crippen LogP contribution >= 0.6 is 11.6 Å². The van der Waals surface area contributed by atoms with Crippen LogP contribution in [0.3, 0.4) is 0 Å². The van der Waals surface area contributed by atoms with Gasteiger partial charge >= 0.3 is 0 Å². The molecule has 10 aromatic rings. The van der Waals surface area contributed by atoms with E-state index in [-0.39, 0.29) is 102 Å². The Morgan fingerprint density at radius 1 is 0.478 bits per heavy atom. The molecule has 5 N–H and O–H groups in total. The molecule has 20 rings (SSSR count). The summed E-state index contributed by atoms with van der Waals surface area (Å²) >= 11 is 5.92. The van der Waals surface area contributed by atoms with Crippen LogP contribution in [0, 0.1) is 104 Å². The number of benzene rings is 5. The van der Waals surface area contributed by atoms with Crippen LogP contribution in [-0.2, 0) is 51.7 Å². The predicted octanol–water partition coefficient (Wildman–Crippen LogP) is 24.6. The highest BCUT2D eigenvalue weighted by Gasteiger charge is 2.68. The molecule has 134 heavy (non-hydrogen) atoms. The van der Waals surface area contributed by atoms with E-state index in [4.69, 9.17) is 18.2 Å². The molecule has 5 aromatic heterocycles. The molecule has 10 saturated carbocycles. The second-order valence-electron chi connectivity index (χ2n) is 42.0. The van der Waals surface area contributed by atoms with Crippen molar-refractivity contribution in [1.82, 2.24) is 47.8 Å². The zero-order chi connectivity index (χ0) is 97.0. The van der Waals surface area contributed by atoms with E-state index < -0.39 is 124 Å². The first kappa shape index (κ1) is 96.2. The number of halogens is 15. The SMILES string of the molecule is CC(C(=O)Nc1nc2cc(F)c(F)cc2n1C1(C)CCC1)C1(C)CC1.CC(C)(CC(=O)Nc1nc2ccc(F)c(C#N)c2n1C1(C)CCC1)C1CC1.CC1(CC(=O)Nc2nc3cc(F)c(F)cc3n2C2(C)CCC2)CC1.CC1(n2c(NC(=O)CC3CC(F)(F)C3(C)F)nc3cc(F)c(Cl)cc32)CCC1.[C-]#[N+]c1cc(F)c2nc(NC(=O)CC3CC(F)(F)C3(C)F)n(C3(C)CCC3)c2c1F. The number of nitrogens with zero attached hydrogens (tertiary/aromatic N) is 12. The molecule has 0 aliphatic heterocycles. The fourth-order valence-electron chi connectivity index (χ4n) is 20.1. The summed E-state index contributed by atoms with van der Waals surface area (Å²) in [5.74, 6) is -15.7. The molecule has 0 radical (unpaired) electrons. The lowest BCUT2D eigenvalue weighted by Gasteiger charge is -2.47. The van der Waals surface area contributed by atoms with E-state index in [1.807, 2.05) is 33.6 Å². The quantitative estimate of drug-likeness (QED) is 0.0334. The van der Waals surface area contributed by atoms with E-state index in [1.165, 1.54) is 47.7 Å². The molecule has 5 aromatic carbocycles. The average Bonchev–Trinajstić information content (AvgIpc) is 1.03. The molecular formula is C97H108ClF14N17O5. The number of carbonyl (C=O) groups is 5. The minimum Gasteiger partial charge on any atom is -0.304 e. The van der Waals surface area contributed by atoms with Crippen LogP contribution in [-0.4, -0.2) is 100 Å². The topological polar surface area (TPSA) is 263 Å². The maximum atomic E-state index is 14.9. The number of rotatable bonds is 21. The number of carbonyl (C=O) groups excluding carboxylic acids is 5. The summed E-state index contributed by atoms with van der Waals surface area (Å²) in [4.78, 5) is 87.3. The van der Waals surface area contributed by atoms with Gasteiger partial charge in [-0.1, -0.05) is 46.2 Å². The lowest BCUT2D eigenvalue weighted by atomic mass is 9.67. The van der Waals surface area contributed by atoms with Crippen LogP contribution in [0.5, 0.6) is 0 Å². The minimum absolute atomic E-state index is 0.00747. The Morgan fingerprint density at radius 2 is 0.858 bits per heavy atom. The summed E-state index contributed by atoms with van der Waals surface area (Å²) < 4.78 is 203. The highest BCUT2D eigenvalue weighted by Crippen LogP contribution is 2.59. The smallest absolute Gasteiger partial charge is 0.281 e. The van der Waals surface area contributed by atoms with Crippen LogP contribution in [0.4, 0.5) is 96.9 Å². The van der Waals surface area contributed by atoms with Gasteiger partial charge in [0.15, 0.2) is 40.4 Å². The number of amides is 5. The van der Waals surface area contributed by atoms with Crippen molar-refractivity contribution in [1.29, 1.82) is 5.26 Å². The van der Waals surface area contributed by atoms with Crippen molar-refractivity contribution in [2.24, 2.45) is 39.9 Å². The number of fused-ring (bicyclic) bond motifs is 5. The van der Waals surface area contributed by atoms with E-state index >= 15 is 0 Å². The fraction of sp³-hybridized carbons (Fsp3) is 0.567. The van der Waals surface area contributed by atoms with Crippen molar-refractivity contribution in [3.8, 4) is 6.07 Å². The van der Waals surface area contributed by atoms with Crippen LogP contribution < -0.4 is 26.6 Å². The molecule has 0 spiro atoms. The number of anilines is 5. The van der Waals surface area contributed by atoms with Crippen LogP contribution in [0.2, 0.25) is 5.02 Å². The summed E-state index contributed by atoms with van der Waals surface area (Å²) in [6, 6.07) is 12.8. The van der Waals surface area contributed by atoms with Crippen LogP contribution in [0.1, 0.15) is 262 Å². The Hall–Kier alpha value is -10.9. The molecule has 716 valence electrons. The molecule has 5 heterocycles. The van der Waals surface area contributed by atoms with Crippen molar-refractivity contribution >= 4 is 132 Å².